The lowest BCUT2D eigenvalue weighted by Gasteiger charge is -2.09. The molecule has 2 N–H and O–H groups in total. The summed E-state index contributed by atoms with van der Waals surface area (Å²) in [6, 6.07) is 11.5. The van der Waals surface area contributed by atoms with Crippen molar-refractivity contribution in [3.8, 4) is 11.3 Å². The molecule has 0 bridgehead atoms. The average Bonchev–Trinajstić information content (AvgIpc) is 3.13. The summed E-state index contributed by atoms with van der Waals surface area (Å²) in [5.74, 6) is 1.64. The third-order valence-electron chi connectivity index (χ3n) is 3.64. The number of hydrogen-bond donors (Lipinski definition) is 2. The zero-order valence-corrected chi connectivity index (χ0v) is 13.5. The van der Waals surface area contributed by atoms with Gasteiger partial charge < -0.3 is 14.8 Å². The van der Waals surface area contributed by atoms with E-state index in [1.165, 1.54) is 0 Å². The highest BCUT2D eigenvalue weighted by atomic mass is 35.5. The second kappa shape index (κ2) is 6.89. The van der Waals surface area contributed by atoms with Crippen LogP contribution in [-0.2, 0) is 13.1 Å². The minimum absolute atomic E-state index is 0.0201. The fraction of sp³-hybridized carbons (Fsp3) is 0.235. The van der Waals surface area contributed by atoms with Gasteiger partial charge in [0.25, 0.3) is 0 Å². The van der Waals surface area contributed by atoms with Crippen LogP contribution in [-0.4, -0.2) is 21.5 Å². The van der Waals surface area contributed by atoms with E-state index in [0.29, 0.717) is 13.1 Å². The Morgan fingerprint density at radius 1 is 1.30 bits per heavy atom. The summed E-state index contributed by atoms with van der Waals surface area (Å²) in [7, 11) is 0. The Morgan fingerprint density at radius 2 is 2.13 bits per heavy atom. The van der Waals surface area contributed by atoms with Gasteiger partial charge in [-0.25, -0.2) is 4.68 Å². The first kappa shape index (κ1) is 15.6. The number of rotatable bonds is 6. The van der Waals surface area contributed by atoms with Crippen LogP contribution >= 0.6 is 11.6 Å². The van der Waals surface area contributed by atoms with Crippen molar-refractivity contribution < 1.29 is 9.52 Å². The zero-order chi connectivity index (χ0) is 16.2. The summed E-state index contributed by atoms with van der Waals surface area (Å²) < 4.78 is 7.09. The molecule has 5 nitrogen and oxygen atoms in total. The second-order valence-electron chi connectivity index (χ2n) is 5.20. The zero-order valence-electron chi connectivity index (χ0n) is 12.8. The Labute approximate surface area is 139 Å². The second-order valence-corrected chi connectivity index (χ2v) is 5.60. The number of aliphatic hydroxyl groups excluding tert-OH is 1. The largest absolute Gasteiger partial charge is 0.469 e. The lowest BCUT2D eigenvalue weighted by molar-refractivity contribution is 0.270. The van der Waals surface area contributed by atoms with Crippen LogP contribution in [0.25, 0.3) is 11.3 Å². The van der Waals surface area contributed by atoms with Crippen LogP contribution in [0.5, 0.6) is 0 Å². The van der Waals surface area contributed by atoms with Gasteiger partial charge in [-0.1, -0.05) is 29.8 Å². The Bertz CT molecular complexity index is 795. The predicted molar refractivity (Wildman–Crippen MR) is 90.5 cm³/mol. The van der Waals surface area contributed by atoms with Crippen molar-refractivity contribution in [3.63, 3.8) is 0 Å². The number of anilines is 1. The molecular formula is C17H18ClN3O2. The third-order valence-corrected chi connectivity index (χ3v) is 4.01. The molecule has 0 aliphatic heterocycles. The van der Waals surface area contributed by atoms with Crippen molar-refractivity contribution in [2.45, 2.75) is 20.0 Å². The Balaban J connectivity index is 1.84. The van der Waals surface area contributed by atoms with Crippen molar-refractivity contribution in [1.29, 1.82) is 0 Å². The number of nitrogens with zero attached hydrogens (tertiary/aromatic N) is 2. The van der Waals surface area contributed by atoms with Gasteiger partial charge in [0.2, 0.25) is 0 Å². The number of aryl methyl sites for hydroxylation is 1. The van der Waals surface area contributed by atoms with Gasteiger partial charge in [0.1, 0.15) is 11.6 Å². The number of hydrogen-bond acceptors (Lipinski definition) is 4. The van der Waals surface area contributed by atoms with E-state index < -0.39 is 0 Å². The van der Waals surface area contributed by atoms with Gasteiger partial charge in [-0.2, -0.15) is 5.10 Å². The predicted octanol–water partition coefficient (Wildman–Crippen LogP) is 3.71. The highest BCUT2D eigenvalue weighted by Gasteiger charge is 2.13. The van der Waals surface area contributed by atoms with Crippen LogP contribution in [0.4, 0.5) is 5.82 Å². The van der Waals surface area contributed by atoms with Crippen LogP contribution in [0.1, 0.15) is 11.3 Å². The molecule has 0 amide bonds. The quantitative estimate of drug-likeness (QED) is 0.722. The fourth-order valence-electron chi connectivity index (χ4n) is 2.43. The number of halogens is 1. The maximum atomic E-state index is 9.24. The van der Waals surface area contributed by atoms with Gasteiger partial charge in [-0.05, 0) is 24.6 Å². The molecule has 2 aromatic heterocycles. The van der Waals surface area contributed by atoms with Crippen molar-refractivity contribution in [2.75, 3.05) is 11.9 Å². The first-order valence-corrected chi connectivity index (χ1v) is 7.77. The molecule has 2 heterocycles. The van der Waals surface area contributed by atoms with E-state index in [4.69, 9.17) is 16.0 Å². The molecule has 0 radical (unpaired) electrons. The SMILES string of the molecule is Cc1occc1-c1cc(NCc2ccccc2Cl)n(CCO)n1. The molecule has 1 aromatic carbocycles. The van der Waals surface area contributed by atoms with Gasteiger partial charge in [0.05, 0.1) is 25.1 Å². The van der Waals surface area contributed by atoms with Crippen LogP contribution in [0.15, 0.2) is 47.1 Å². The number of aromatic nitrogens is 2. The van der Waals surface area contributed by atoms with Gasteiger partial charge >= 0.3 is 0 Å². The first-order valence-electron chi connectivity index (χ1n) is 7.39. The number of furan rings is 1. The smallest absolute Gasteiger partial charge is 0.125 e. The first-order chi connectivity index (χ1) is 11.2. The Kier molecular flexibility index (Phi) is 4.69. The molecule has 0 unspecified atom stereocenters. The minimum Gasteiger partial charge on any atom is -0.469 e. The summed E-state index contributed by atoms with van der Waals surface area (Å²) in [4.78, 5) is 0. The fourth-order valence-corrected chi connectivity index (χ4v) is 2.64. The van der Waals surface area contributed by atoms with Crippen LogP contribution in [0.3, 0.4) is 0 Å². The van der Waals surface area contributed by atoms with E-state index in [-0.39, 0.29) is 6.61 Å². The highest BCUT2D eigenvalue weighted by Crippen LogP contribution is 2.26. The number of aliphatic hydroxyl groups is 1. The van der Waals surface area contributed by atoms with Crippen molar-refractivity contribution in [3.05, 3.63) is 59.0 Å². The molecule has 0 aliphatic carbocycles. The molecule has 120 valence electrons. The summed E-state index contributed by atoms with van der Waals surface area (Å²) >= 11 is 6.18. The van der Waals surface area contributed by atoms with Crippen molar-refractivity contribution in [2.24, 2.45) is 0 Å². The maximum Gasteiger partial charge on any atom is 0.125 e. The van der Waals surface area contributed by atoms with Crippen molar-refractivity contribution >= 4 is 17.4 Å². The monoisotopic (exact) mass is 331 g/mol. The van der Waals surface area contributed by atoms with E-state index in [1.807, 2.05) is 43.3 Å². The minimum atomic E-state index is 0.0201. The Hall–Kier alpha value is -2.24. The molecule has 0 fully saturated rings. The molecule has 0 spiro atoms. The average molecular weight is 332 g/mol. The van der Waals surface area contributed by atoms with Gasteiger partial charge in [0.15, 0.2) is 0 Å². The molecule has 0 saturated heterocycles. The van der Waals surface area contributed by atoms with Gasteiger partial charge in [-0.3, -0.25) is 0 Å². The summed E-state index contributed by atoms with van der Waals surface area (Å²) in [6.07, 6.45) is 1.65. The van der Waals surface area contributed by atoms with E-state index in [9.17, 15) is 5.11 Å². The maximum absolute atomic E-state index is 9.24. The van der Waals surface area contributed by atoms with E-state index >= 15 is 0 Å². The third kappa shape index (κ3) is 3.41. The molecule has 23 heavy (non-hydrogen) atoms. The van der Waals surface area contributed by atoms with Crippen LogP contribution < -0.4 is 5.32 Å². The van der Waals surface area contributed by atoms with E-state index in [1.54, 1.807) is 10.9 Å². The summed E-state index contributed by atoms with van der Waals surface area (Å²) in [5, 5.41) is 17.8. The van der Waals surface area contributed by atoms with Crippen molar-refractivity contribution in [1.82, 2.24) is 9.78 Å². The molecular weight excluding hydrogens is 314 g/mol. The number of benzene rings is 1. The normalized spacial score (nSPS) is 10.9. The van der Waals surface area contributed by atoms with E-state index in [2.05, 4.69) is 10.4 Å². The van der Waals surface area contributed by atoms with Gasteiger partial charge in [-0.15, -0.1) is 0 Å². The standard InChI is InChI=1S/C17H18ClN3O2/c1-12-14(6-9-23-12)16-10-17(21(20-16)7-8-22)19-11-13-4-2-3-5-15(13)18/h2-6,9-10,19,22H,7-8,11H2,1H3. The molecule has 3 aromatic rings. The Morgan fingerprint density at radius 3 is 2.83 bits per heavy atom. The molecule has 0 atom stereocenters. The summed E-state index contributed by atoms with van der Waals surface area (Å²) in [6.45, 7) is 2.92. The molecule has 3 rings (SSSR count). The number of nitrogens with one attached hydrogen (secondary N) is 1. The highest BCUT2D eigenvalue weighted by molar-refractivity contribution is 6.31. The molecule has 6 heteroatoms. The summed E-state index contributed by atoms with van der Waals surface area (Å²) in [5.41, 5.74) is 2.76. The van der Waals surface area contributed by atoms with Crippen LogP contribution in [0.2, 0.25) is 5.02 Å². The van der Waals surface area contributed by atoms with Crippen LogP contribution in [0, 0.1) is 6.92 Å². The van der Waals surface area contributed by atoms with E-state index in [0.717, 1.165) is 33.4 Å². The molecule has 0 aliphatic rings. The lowest BCUT2D eigenvalue weighted by Crippen LogP contribution is -2.10. The lowest BCUT2D eigenvalue weighted by atomic mass is 10.2. The van der Waals surface area contributed by atoms with Gasteiger partial charge in [0, 0.05) is 23.2 Å². The molecule has 0 saturated carbocycles. The topological polar surface area (TPSA) is 63.2 Å².